The van der Waals surface area contributed by atoms with E-state index in [0.29, 0.717) is 5.82 Å². The predicted octanol–water partition coefficient (Wildman–Crippen LogP) is 1.47. The standard InChI is InChI=1S/C12H15N5S/c13-16-11-12(17-5-7-18-8-6-17)15-10-4-2-1-3-9(10)14-11/h1-4H,5-8,13H2,(H,14,16). The third kappa shape index (κ3) is 2.09. The number of hydrazine groups is 1. The fraction of sp³-hybridized carbons (Fsp3) is 0.333. The number of rotatable bonds is 2. The SMILES string of the molecule is NNc1nc2ccccc2nc1N1CCSCC1. The average Bonchev–Trinajstić information content (AvgIpc) is 2.46. The molecule has 94 valence electrons. The van der Waals surface area contributed by atoms with Gasteiger partial charge >= 0.3 is 0 Å². The van der Waals surface area contributed by atoms with Crippen molar-refractivity contribution in [2.45, 2.75) is 0 Å². The molecule has 0 unspecified atom stereocenters. The van der Waals surface area contributed by atoms with E-state index in [2.05, 4.69) is 20.3 Å². The number of nitrogens with two attached hydrogens (primary N) is 1. The van der Waals surface area contributed by atoms with Crippen LogP contribution in [-0.2, 0) is 0 Å². The van der Waals surface area contributed by atoms with E-state index in [9.17, 15) is 0 Å². The van der Waals surface area contributed by atoms with E-state index >= 15 is 0 Å². The summed E-state index contributed by atoms with van der Waals surface area (Å²) in [4.78, 5) is 11.4. The molecule has 0 aliphatic carbocycles. The number of anilines is 2. The maximum Gasteiger partial charge on any atom is 0.184 e. The molecule has 18 heavy (non-hydrogen) atoms. The first-order valence-corrected chi connectivity index (χ1v) is 7.10. The van der Waals surface area contributed by atoms with E-state index in [4.69, 9.17) is 5.84 Å². The molecule has 1 aliphatic rings. The average molecular weight is 261 g/mol. The second-order valence-electron chi connectivity index (χ2n) is 4.13. The second-order valence-corrected chi connectivity index (χ2v) is 5.35. The molecule has 0 amide bonds. The zero-order chi connectivity index (χ0) is 12.4. The Bertz CT molecular complexity index is 553. The number of nitrogens with one attached hydrogen (secondary N) is 1. The van der Waals surface area contributed by atoms with Crippen molar-refractivity contribution in [3.05, 3.63) is 24.3 Å². The Hall–Kier alpha value is -1.53. The molecule has 3 rings (SSSR count). The van der Waals surface area contributed by atoms with Crippen LogP contribution < -0.4 is 16.2 Å². The van der Waals surface area contributed by atoms with Crippen LogP contribution in [-0.4, -0.2) is 34.6 Å². The highest BCUT2D eigenvalue weighted by Crippen LogP contribution is 2.26. The molecule has 1 fully saturated rings. The van der Waals surface area contributed by atoms with Gasteiger partial charge in [-0.25, -0.2) is 15.8 Å². The molecule has 1 aromatic heterocycles. The largest absolute Gasteiger partial charge is 0.352 e. The van der Waals surface area contributed by atoms with Crippen LogP contribution in [0.25, 0.3) is 11.0 Å². The molecule has 6 heteroatoms. The van der Waals surface area contributed by atoms with Gasteiger partial charge in [0.05, 0.1) is 11.0 Å². The molecule has 1 saturated heterocycles. The van der Waals surface area contributed by atoms with Gasteiger partial charge in [-0.1, -0.05) is 12.1 Å². The van der Waals surface area contributed by atoms with Gasteiger partial charge in [-0.3, -0.25) is 0 Å². The number of nitrogens with zero attached hydrogens (tertiary/aromatic N) is 3. The maximum absolute atomic E-state index is 5.56. The fourth-order valence-electron chi connectivity index (χ4n) is 2.08. The van der Waals surface area contributed by atoms with Gasteiger partial charge in [-0.15, -0.1) is 0 Å². The zero-order valence-corrected chi connectivity index (χ0v) is 10.8. The Morgan fingerprint density at radius 3 is 2.44 bits per heavy atom. The normalized spacial score (nSPS) is 15.9. The first-order valence-electron chi connectivity index (χ1n) is 5.94. The van der Waals surface area contributed by atoms with E-state index < -0.39 is 0 Å². The number of thioether (sulfide) groups is 1. The molecular formula is C12H15N5S. The summed E-state index contributed by atoms with van der Waals surface area (Å²) in [5, 5.41) is 0. The van der Waals surface area contributed by atoms with Gasteiger partial charge in [0.2, 0.25) is 0 Å². The first kappa shape index (κ1) is 11.6. The summed E-state index contributed by atoms with van der Waals surface area (Å²) in [5.41, 5.74) is 4.43. The van der Waals surface area contributed by atoms with Crippen molar-refractivity contribution in [2.24, 2.45) is 5.84 Å². The van der Waals surface area contributed by atoms with Crippen LogP contribution in [0.4, 0.5) is 11.6 Å². The molecular weight excluding hydrogens is 246 g/mol. The summed E-state index contributed by atoms with van der Waals surface area (Å²) >= 11 is 1.97. The highest BCUT2D eigenvalue weighted by Gasteiger charge is 2.17. The Morgan fingerprint density at radius 2 is 1.78 bits per heavy atom. The van der Waals surface area contributed by atoms with Crippen LogP contribution in [0.3, 0.4) is 0 Å². The minimum atomic E-state index is 0.653. The van der Waals surface area contributed by atoms with Gasteiger partial charge in [-0.2, -0.15) is 11.8 Å². The van der Waals surface area contributed by atoms with Gasteiger partial charge in [0, 0.05) is 24.6 Å². The van der Waals surface area contributed by atoms with Crippen LogP contribution in [0.2, 0.25) is 0 Å². The molecule has 3 N–H and O–H groups in total. The molecule has 0 bridgehead atoms. The summed E-state index contributed by atoms with van der Waals surface area (Å²) in [7, 11) is 0. The Labute approximate surface area is 110 Å². The first-order chi connectivity index (χ1) is 8.88. The molecule has 0 atom stereocenters. The van der Waals surface area contributed by atoms with Gasteiger partial charge in [0.25, 0.3) is 0 Å². The maximum atomic E-state index is 5.56. The Balaban J connectivity index is 2.08. The van der Waals surface area contributed by atoms with Crippen molar-refractivity contribution in [1.82, 2.24) is 9.97 Å². The molecule has 0 spiro atoms. The summed E-state index contributed by atoms with van der Waals surface area (Å²) in [5.74, 6) is 9.32. The number of hydrogen-bond donors (Lipinski definition) is 2. The number of fused-ring (bicyclic) bond motifs is 1. The molecule has 2 aromatic rings. The van der Waals surface area contributed by atoms with E-state index in [1.807, 2.05) is 36.0 Å². The number of hydrogen-bond acceptors (Lipinski definition) is 6. The van der Waals surface area contributed by atoms with Gasteiger partial charge in [0.1, 0.15) is 0 Å². The summed E-state index contributed by atoms with van der Waals surface area (Å²) in [6.07, 6.45) is 0. The lowest BCUT2D eigenvalue weighted by molar-refractivity contribution is 0.839. The van der Waals surface area contributed by atoms with Crippen molar-refractivity contribution in [3.8, 4) is 0 Å². The minimum Gasteiger partial charge on any atom is -0.352 e. The molecule has 1 aliphatic heterocycles. The molecule has 1 aromatic carbocycles. The minimum absolute atomic E-state index is 0.653. The van der Waals surface area contributed by atoms with Crippen LogP contribution >= 0.6 is 11.8 Å². The van der Waals surface area contributed by atoms with Gasteiger partial charge in [0.15, 0.2) is 11.6 Å². The Kier molecular flexibility index (Phi) is 3.21. The van der Waals surface area contributed by atoms with Crippen molar-refractivity contribution in [2.75, 3.05) is 34.9 Å². The van der Waals surface area contributed by atoms with E-state index in [0.717, 1.165) is 41.4 Å². The quantitative estimate of drug-likeness (QED) is 0.630. The van der Waals surface area contributed by atoms with Crippen molar-refractivity contribution in [3.63, 3.8) is 0 Å². The van der Waals surface area contributed by atoms with E-state index in [-0.39, 0.29) is 0 Å². The number of para-hydroxylation sites is 2. The highest BCUT2D eigenvalue weighted by atomic mass is 32.2. The molecule has 2 heterocycles. The van der Waals surface area contributed by atoms with Gasteiger partial charge < -0.3 is 10.3 Å². The third-order valence-corrected chi connectivity index (χ3v) is 3.94. The van der Waals surface area contributed by atoms with Crippen LogP contribution in [0, 0.1) is 0 Å². The van der Waals surface area contributed by atoms with Crippen molar-refractivity contribution < 1.29 is 0 Å². The fourth-order valence-corrected chi connectivity index (χ4v) is 2.99. The van der Waals surface area contributed by atoms with Crippen LogP contribution in [0.5, 0.6) is 0 Å². The van der Waals surface area contributed by atoms with Crippen molar-refractivity contribution in [1.29, 1.82) is 0 Å². The number of benzene rings is 1. The summed E-state index contributed by atoms with van der Waals surface area (Å²) in [6, 6.07) is 7.85. The highest BCUT2D eigenvalue weighted by molar-refractivity contribution is 7.99. The van der Waals surface area contributed by atoms with Gasteiger partial charge in [-0.05, 0) is 12.1 Å². The molecule has 5 nitrogen and oxygen atoms in total. The zero-order valence-electron chi connectivity index (χ0n) is 9.97. The third-order valence-electron chi connectivity index (χ3n) is 3.00. The lowest BCUT2D eigenvalue weighted by Crippen LogP contribution is -2.34. The second kappa shape index (κ2) is 4.99. The number of nitrogen functional groups attached to an aromatic ring is 1. The smallest absolute Gasteiger partial charge is 0.184 e. The van der Waals surface area contributed by atoms with E-state index in [1.54, 1.807) is 0 Å². The predicted molar refractivity (Wildman–Crippen MR) is 76.9 cm³/mol. The lowest BCUT2D eigenvalue weighted by atomic mass is 10.3. The monoisotopic (exact) mass is 261 g/mol. The van der Waals surface area contributed by atoms with E-state index in [1.165, 1.54) is 0 Å². The van der Waals surface area contributed by atoms with Crippen LogP contribution in [0.1, 0.15) is 0 Å². The lowest BCUT2D eigenvalue weighted by Gasteiger charge is -2.28. The summed E-state index contributed by atoms with van der Waals surface area (Å²) in [6.45, 7) is 1.98. The van der Waals surface area contributed by atoms with Crippen LogP contribution in [0.15, 0.2) is 24.3 Å². The Morgan fingerprint density at radius 1 is 1.11 bits per heavy atom. The molecule has 0 saturated carbocycles. The van der Waals surface area contributed by atoms with Crippen molar-refractivity contribution >= 4 is 34.4 Å². The molecule has 0 radical (unpaired) electrons. The number of aromatic nitrogens is 2. The summed E-state index contributed by atoms with van der Waals surface area (Å²) < 4.78 is 0. The topological polar surface area (TPSA) is 67.1 Å².